The molecule has 0 saturated carbocycles. The summed E-state index contributed by atoms with van der Waals surface area (Å²) in [6.07, 6.45) is 0. The molecule has 0 heterocycles. The third kappa shape index (κ3) is 4.19. The molecule has 7 heteroatoms. The first-order valence-corrected chi connectivity index (χ1v) is 6.79. The minimum absolute atomic E-state index is 0.0360. The van der Waals surface area contributed by atoms with Gasteiger partial charge >= 0.3 is 0 Å². The van der Waals surface area contributed by atoms with Crippen molar-refractivity contribution < 1.29 is 14.5 Å². The van der Waals surface area contributed by atoms with Crippen LogP contribution in [0.3, 0.4) is 0 Å². The SMILES string of the molecule is Cc1cc([N+](=O)[O-])ccc1OCC(=O)N[C@@](C)(C#N)C(C)C. The molecular formula is C15H19N3O4. The molecule has 1 aromatic carbocycles. The number of rotatable bonds is 6. The number of carbonyl (C=O) groups excluding carboxylic acids is 1. The molecule has 0 aliphatic heterocycles. The maximum absolute atomic E-state index is 11.9. The number of nitrogens with one attached hydrogen (secondary N) is 1. The van der Waals surface area contributed by atoms with Crippen LogP contribution in [0.15, 0.2) is 18.2 Å². The van der Waals surface area contributed by atoms with Crippen LogP contribution in [0.2, 0.25) is 0 Å². The predicted octanol–water partition coefficient (Wildman–Crippen LogP) is 2.34. The summed E-state index contributed by atoms with van der Waals surface area (Å²) in [5.74, 6) is -0.0815. The van der Waals surface area contributed by atoms with Crippen molar-refractivity contribution >= 4 is 11.6 Å². The molecule has 1 aromatic rings. The van der Waals surface area contributed by atoms with Gasteiger partial charge in [0.05, 0.1) is 11.0 Å². The van der Waals surface area contributed by atoms with Crippen LogP contribution in [0.25, 0.3) is 0 Å². The number of ether oxygens (including phenoxy) is 1. The lowest BCUT2D eigenvalue weighted by atomic mass is 9.90. The van der Waals surface area contributed by atoms with Crippen molar-refractivity contribution in [2.45, 2.75) is 33.2 Å². The Labute approximate surface area is 129 Å². The Bertz CT molecular complexity index is 622. The minimum atomic E-state index is -0.967. The van der Waals surface area contributed by atoms with Gasteiger partial charge in [-0.2, -0.15) is 5.26 Å². The molecule has 0 bridgehead atoms. The molecular weight excluding hydrogens is 286 g/mol. The lowest BCUT2D eigenvalue weighted by molar-refractivity contribution is -0.384. The van der Waals surface area contributed by atoms with Gasteiger partial charge in [0.15, 0.2) is 6.61 Å². The standard InChI is InChI=1S/C15H19N3O4/c1-10(2)15(4,9-16)17-14(19)8-22-13-6-5-12(18(20)21)7-11(13)3/h5-7,10H,8H2,1-4H3,(H,17,19)/t15-/m0/s1. The molecule has 0 aliphatic rings. The average Bonchev–Trinajstić information content (AvgIpc) is 2.45. The molecule has 0 fully saturated rings. The Kier molecular flexibility index (Phi) is 5.46. The molecule has 0 spiro atoms. The van der Waals surface area contributed by atoms with Crippen molar-refractivity contribution in [3.8, 4) is 11.8 Å². The number of hydrogen-bond donors (Lipinski definition) is 1. The van der Waals surface area contributed by atoms with Crippen LogP contribution in [-0.2, 0) is 4.79 Å². The minimum Gasteiger partial charge on any atom is -0.483 e. The summed E-state index contributed by atoms with van der Waals surface area (Å²) in [4.78, 5) is 22.0. The van der Waals surface area contributed by atoms with Crippen molar-refractivity contribution in [2.24, 2.45) is 5.92 Å². The first-order chi connectivity index (χ1) is 10.2. The van der Waals surface area contributed by atoms with Gasteiger partial charge < -0.3 is 10.1 Å². The lowest BCUT2D eigenvalue weighted by Gasteiger charge is -2.27. The van der Waals surface area contributed by atoms with E-state index in [0.29, 0.717) is 11.3 Å². The number of nitrogens with zero attached hydrogens (tertiary/aromatic N) is 2. The maximum atomic E-state index is 11.9. The van der Waals surface area contributed by atoms with E-state index >= 15 is 0 Å². The van der Waals surface area contributed by atoms with Gasteiger partial charge in [-0.1, -0.05) is 13.8 Å². The first kappa shape index (κ1) is 17.4. The Balaban J connectivity index is 2.69. The number of non-ortho nitro benzene ring substituents is 1. The molecule has 0 radical (unpaired) electrons. The van der Waals surface area contributed by atoms with E-state index in [0.717, 1.165) is 0 Å². The molecule has 118 valence electrons. The fraction of sp³-hybridized carbons (Fsp3) is 0.467. The second kappa shape index (κ2) is 6.89. The number of carbonyl (C=O) groups is 1. The van der Waals surface area contributed by atoms with Crippen LogP contribution in [-0.4, -0.2) is 23.0 Å². The van der Waals surface area contributed by atoms with E-state index in [1.54, 1.807) is 13.8 Å². The summed E-state index contributed by atoms with van der Waals surface area (Å²) in [5.41, 5.74) is -0.439. The smallest absolute Gasteiger partial charge is 0.269 e. The molecule has 1 rings (SSSR count). The number of benzene rings is 1. The van der Waals surface area contributed by atoms with Crippen molar-refractivity contribution in [1.29, 1.82) is 5.26 Å². The molecule has 0 saturated heterocycles. The van der Waals surface area contributed by atoms with E-state index in [9.17, 15) is 14.9 Å². The maximum Gasteiger partial charge on any atom is 0.269 e. The summed E-state index contributed by atoms with van der Waals surface area (Å²) < 4.78 is 5.36. The van der Waals surface area contributed by atoms with Crippen LogP contribution in [0, 0.1) is 34.3 Å². The quantitative estimate of drug-likeness (QED) is 0.641. The highest BCUT2D eigenvalue weighted by atomic mass is 16.6. The van der Waals surface area contributed by atoms with Gasteiger partial charge in [-0.3, -0.25) is 14.9 Å². The lowest BCUT2D eigenvalue weighted by Crippen LogP contribution is -2.50. The molecule has 0 aromatic heterocycles. The molecule has 1 amide bonds. The number of nitriles is 1. The van der Waals surface area contributed by atoms with E-state index < -0.39 is 16.4 Å². The van der Waals surface area contributed by atoms with Crippen LogP contribution < -0.4 is 10.1 Å². The summed E-state index contributed by atoms with van der Waals surface area (Å²) in [5, 5.41) is 22.4. The summed E-state index contributed by atoms with van der Waals surface area (Å²) in [6, 6.07) is 6.22. The Morgan fingerprint density at radius 2 is 2.18 bits per heavy atom. The largest absolute Gasteiger partial charge is 0.483 e. The normalized spacial score (nSPS) is 13.1. The molecule has 0 unspecified atom stereocenters. The second-order valence-corrected chi connectivity index (χ2v) is 5.51. The number of hydrogen-bond acceptors (Lipinski definition) is 5. The van der Waals surface area contributed by atoms with Gasteiger partial charge in [0.2, 0.25) is 0 Å². The van der Waals surface area contributed by atoms with Gasteiger partial charge in [0.25, 0.3) is 11.6 Å². The van der Waals surface area contributed by atoms with Gasteiger partial charge in [0, 0.05) is 12.1 Å². The zero-order valence-electron chi connectivity index (χ0n) is 13.0. The molecule has 1 atom stereocenters. The van der Waals surface area contributed by atoms with E-state index in [1.165, 1.54) is 18.2 Å². The number of nitro groups is 1. The average molecular weight is 305 g/mol. The topological polar surface area (TPSA) is 105 Å². The van der Waals surface area contributed by atoms with Gasteiger partial charge in [-0.25, -0.2) is 0 Å². The third-order valence-corrected chi connectivity index (χ3v) is 3.51. The van der Waals surface area contributed by atoms with E-state index in [2.05, 4.69) is 11.4 Å². The Hall–Kier alpha value is -2.62. The van der Waals surface area contributed by atoms with E-state index in [-0.39, 0.29) is 18.2 Å². The van der Waals surface area contributed by atoms with E-state index in [1.807, 2.05) is 13.8 Å². The molecule has 7 nitrogen and oxygen atoms in total. The highest BCUT2D eigenvalue weighted by molar-refractivity contribution is 5.78. The van der Waals surface area contributed by atoms with Crippen molar-refractivity contribution in [3.05, 3.63) is 33.9 Å². The second-order valence-electron chi connectivity index (χ2n) is 5.51. The van der Waals surface area contributed by atoms with Gasteiger partial charge in [0.1, 0.15) is 11.3 Å². The van der Waals surface area contributed by atoms with Gasteiger partial charge in [-0.05, 0) is 31.4 Å². The zero-order valence-corrected chi connectivity index (χ0v) is 13.0. The third-order valence-electron chi connectivity index (χ3n) is 3.51. The fourth-order valence-electron chi connectivity index (χ4n) is 1.68. The summed E-state index contributed by atoms with van der Waals surface area (Å²) in [6.45, 7) is 6.72. The summed E-state index contributed by atoms with van der Waals surface area (Å²) in [7, 11) is 0. The predicted molar refractivity (Wildman–Crippen MR) is 80.3 cm³/mol. The molecule has 1 N–H and O–H groups in total. The molecule has 0 aliphatic carbocycles. The Morgan fingerprint density at radius 1 is 1.55 bits per heavy atom. The Morgan fingerprint density at radius 3 is 2.64 bits per heavy atom. The fourth-order valence-corrected chi connectivity index (χ4v) is 1.68. The van der Waals surface area contributed by atoms with Crippen LogP contribution in [0.5, 0.6) is 5.75 Å². The van der Waals surface area contributed by atoms with Crippen LogP contribution in [0.4, 0.5) is 5.69 Å². The summed E-state index contributed by atoms with van der Waals surface area (Å²) >= 11 is 0. The van der Waals surface area contributed by atoms with Crippen LogP contribution in [0.1, 0.15) is 26.3 Å². The van der Waals surface area contributed by atoms with Crippen molar-refractivity contribution in [2.75, 3.05) is 6.61 Å². The number of aryl methyl sites for hydroxylation is 1. The molecule has 22 heavy (non-hydrogen) atoms. The monoisotopic (exact) mass is 305 g/mol. The van der Waals surface area contributed by atoms with Gasteiger partial charge in [-0.15, -0.1) is 0 Å². The zero-order chi connectivity index (χ0) is 16.9. The van der Waals surface area contributed by atoms with E-state index in [4.69, 9.17) is 10.00 Å². The number of nitro benzene ring substituents is 1. The highest BCUT2D eigenvalue weighted by Gasteiger charge is 2.30. The van der Waals surface area contributed by atoms with Crippen LogP contribution >= 0.6 is 0 Å². The number of amides is 1. The van der Waals surface area contributed by atoms with Crippen molar-refractivity contribution in [3.63, 3.8) is 0 Å². The first-order valence-electron chi connectivity index (χ1n) is 6.79. The van der Waals surface area contributed by atoms with Crippen molar-refractivity contribution in [1.82, 2.24) is 5.32 Å². The highest BCUT2D eigenvalue weighted by Crippen LogP contribution is 2.23.